The second kappa shape index (κ2) is 10.5. The number of hydrogen-bond acceptors (Lipinski definition) is 5. The molecule has 0 spiro atoms. The molecular weight excluding hydrogens is 427 g/mol. The van der Waals surface area contributed by atoms with Crippen LogP contribution in [0.15, 0.2) is 60.7 Å². The monoisotopic (exact) mass is 462 g/mol. The lowest BCUT2D eigenvalue weighted by Crippen LogP contribution is -2.68. The van der Waals surface area contributed by atoms with Crippen LogP contribution in [0.3, 0.4) is 0 Å². The lowest BCUT2D eigenvalue weighted by atomic mass is 9.99. The molecule has 5 nitrogen and oxygen atoms in total. The van der Waals surface area contributed by atoms with E-state index in [-0.39, 0.29) is 11.6 Å². The van der Waals surface area contributed by atoms with E-state index < -0.39 is 39.1 Å². The van der Waals surface area contributed by atoms with E-state index in [1.165, 1.54) is 14.2 Å². The van der Waals surface area contributed by atoms with Gasteiger partial charge in [-0.3, -0.25) is 0 Å². The van der Waals surface area contributed by atoms with Gasteiger partial charge in [0.15, 0.2) is 0 Å². The van der Waals surface area contributed by atoms with Gasteiger partial charge >= 0.3 is 0 Å². The second-order valence-corrected chi connectivity index (χ2v) is 13.4. The van der Waals surface area contributed by atoms with Crippen molar-refractivity contribution in [3.8, 4) is 0 Å². The Morgan fingerprint density at radius 3 is 1.66 bits per heavy atom. The highest BCUT2D eigenvalue weighted by molar-refractivity contribution is 6.99. The van der Waals surface area contributed by atoms with Gasteiger partial charge in [0.1, 0.15) is 24.4 Å². The lowest BCUT2D eigenvalue weighted by Gasteiger charge is -2.46. The van der Waals surface area contributed by atoms with Crippen molar-refractivity contribution >= 4 is 18.7 Å². The van der Waals surface area contributed by atoms with Gasteiger partial charge in [-0.25, -0.2) is 4.39 Å². The van der Waals surface area contributed by atoms with Crippen LogP contribution in [0.4, 0.5) is 4.39 Å². The van der Waals surface area contributed by atoms with Gasteiger partial charge in [-0.05, 0) is 15.4 Å². The van der Waals surface area contributed by atoms with Crippen molar-refractivity contribution in [1.29, 1.82) is 0 Å². The Hall–Kier alpha value is -1.61. The summed E-state index contributed by atoms with van der Waals surface area (Å²) in [5.41, 5.74) is 0. The van der Waals surface area contributed by atoms with Crippen molar-refractivity contribution in [2.24, 2.45) is 0 Å². The molecule has 0 aromatic heterocycles. The van der Waals surface area contributed by atoms with Crippen molar-refractivity contribution in [1.82, 2.24) is 0 Å². The molecule has 0 radical (unpaired) electrons. The maximum Gasteiger partial charge on any atom is 0.261 e. The molecule has 1 fully saturated rings. The summed E-state index contributed by atoms with van der Waals surface area (Å²) < 4.78 is 44.0. The summed E-state index contributed by atoms with van der Waals surface area (Å²) in [6.07, 6.45) is -4.29. The molecule has 2 aromatic rings. The smallest absolute Gasteiger partial charge is 0.261 e. The van der Waals surface area contributed by atoms with E-state index in [9.17, 15) is 4.39 Å². The summed E-state index contributed by atoms with van der Waals surface area (Å²) >= 11 is 0. The molecule has 0 N–H and O–H groups in total. The first-order valence-electron chi connectivity index (χ1n) is 10.9. The number of benzene rings is 2. The fraction of sp³-hybridized carbons (Fsp3) is 0.520. The highest BCUT2D eigenvalue weighted by atomic mass is 28.4. The van der Waals surface area contributed by atoms with E-state index in [0.29, 0.717) is 0 Å². The van der Waals surface area contributed by atoms with Crippen molar-refractivity contribution in [3.63, 3.8) is 0 Å². The number of methoxy groups -OCH3 is 3. The van der Waals surface area contributed by atoms with Crippen molar-refractivity contribution in [3.05, 3.63) is 60.7 Å². The van der Waals surface area contributed by atoms with Gasteiger partial charge in [0.25, 0.3) is 8.32 Å². The van der Waals surface area contributed by atoms with Crippen molar-refractivity contribution < 1.29 is 27.8 Å². The molecule has 0 aliphatic carbocycles. The number of hydrogen-bond donors (Lipinski definition) is 0. The molecule has 1 aliphatic rings. The normalized spacial score (nSPS) is 26.8. The van der Waals surface area contributed by atoms with E-state index in [1.807, 2.05) is 36.4 Å². The fourth-order valence-electron chi connectivity index (χ4n) is 4.77. The SMILES string of the molecule is CO[C@@H]1[C@H](OC)[C@@H](F)O[C@H](CO[Si](c2ccccc2)(c2ccccc2)C(C)(C)C)[C@H]1OC. The van der Waals surface area contributed by atoms with Crippen molar-refractivity contribution in [2.75, 3.05) is 27.9 Å². The third kappa shape index (κ3) is 4.69. The molecule has 2 aromatic carbocycles. The second-order valence-electron chi connectivity index (χ2n) is 9.10. The molecule has 0 saturated carbocycles. The van der Waals surface area contributed by atoms with E-state index in [2.05, 4.69) is 45.0 Å². The predicted octanol–water partition coefficient (Wildman–Crippen LogP) is 3.30. The molecule has 1 saturated heterocycles. The fourth-order valence-corrected chi connectivity index (χ4v) is 9.34. The van der Waals surface area contributed by atoms with Crippen LogP contribution in [0.5, 0.6) is 0 Å². The van der Waals surface area contributed by atoms with Crippen LogP contribution in [0.2, 0.25) is 5.04 Å². The third-order valence-electron chi connectivity index (χ3n) is 6.27. The Balaban J connectivity index is 2.01. The molecule has 176 valence electrons. The van der Waals surface area contributed by atoms with E-state index in [4.69, 9.17) is 23.4 Å². The Labute approximate surface area is 191 Å². The predicted molar refractivity (Wildman–Crippen MR) is 126 cm³/mol. The minimum Gasteiger partial charge on any atom is -0.405 e. The van der Waals surface area contributed by atoms with Gasteiger partial charge in [0.05, 0.1) is 6.61 Å². The molecule has 32 heavy (non-hydrogen) atoms. The van der Waals surface area contributed by atoms with Crippen LogP contribution < -0.4 is 10.4 Å². The van der Waals surface area contributed by atoms with Crippen molar-refractivity contribution in [2.45, 2.75) is 56.6 Å². The standard InChI is InChI=1S/C25H35FO5Si/c1-25(2,3)32(18-13-9-7-10-14-18,19-15-11-8-12-16-19)30-17-20-21(27-4)22(28-5)23(29-6)24(26)31-20/h7-16,20-24H,17H2,1-6H3/t20-,21-,22+,23+,24+/m1/s1. The Morgan fingerprint density at radius 2 is 1.25 bits per heavy atom. The summed E-state index contributed by atoms with van der Waals surface area (Å²) in [6, 6.07) is 20.6. The molecule has 5 atom stereocenters. The number of rotatable bonds is 8. The van der Waals surface area contributed by atoms with Gasteiger partial charge < -0.3 is 23.4 Å². The summed E-state index contributed by atoms with van der Waals surface area (Å²) in [5.74, 6) is 0. The van der Waals surface area contributed by atoms with Gasteiger partial charge in [-0.2, -0.15) is 0 Å². The first-order valence-corrected chi connectivity index (χ1v) is 12.8. The topological polar surface area (TPSA) is 46.2 Å². The molecule has 0 unspecified atom stereocenters. The third-order valence-corrected chi connectivity index (χ3v) is 11.3. The quantitative estimate of drug-likeness (QED) is 0.564. The Bertz CT molecular complexity index is 790. The van der Waals surface area contributed by atoms with Gasteiger partial charge in [-0.1, -0.05) is 81.4 Å². The highest BCUT2D eigenvalue weighted by Gasteiger charge is 2.53. The first-order chi connectivity index (χ1) is 15.3. The average molecular weight is 463 g/mol. The molecule has 0 bridgehead atoms. The minimum atomic E-state index is -2.79. The van der Waals surface area contributed by atoms with Crippen LogP contribution in [0, 0.1) is 0 Å². The maximum atomic E-state index is 14.8. The highest BCUT2D eigenvalue weighted by Crippen LogP contribution is 2.37. The van der Waals surface area contributed by atoms with Gasteiger partial charge in [-0.15, -0.1) is 0 Å². The number of alkyl halides is 1. The summed E-state index contributed by atoms with van der Waals surface area (Å²) in [4.78, 5) is 0. The van der Waals surface area contributed by atoms with Crippen LogP contribution in [0.25, 0.3) is 0 Å². The lowest BCUT2D eigenvalue weighted by molar-refractivity contribution is -0.277. The minimum absolute atomic E-state index is 0.169. The number of halogens is 1. The molecule has 3 rings (SSSR count). The van der Waals surface area contributed by atoms with Crippen LogP contribution in [0.1, 0.15) is 20.8 Å². The summed E-state index contributed by atoms with van der Waals surface area (Å²) in [7, 11) is 1.76. The molecular formula is C25H35FO5Si. The maximum absolute atomic E-state index is 14.8. The van der Waals surface area contributed by atoms with Gasteiger partial charge in [0, 0.05) is 21.3 Å². The zero-order chi connectivity index (χ0) is 23.4. The Morgan fingerprint density at radius 1 is 0.781 bits per heavy atom. The van der Waals surface area contributed by atoms with Crippen LogP contribution in [-0.2, 0) is 23.4 Å². The van der Waals surface area contributed by atoms with E-state index in [0.717, 1.165) is 10.4 Å². The van der Waals surface area contributed by atoms with E-state index >= 15 is 0 Å². The molecule has 1 aliphatic heterocycles. The summed E-state index contributed by atoms with van der Waals surface area (Å²) in [5, 5.41) is 2.11. The van der Waals surface area contributed by atoms with E-state index in [1.54, 1.807) is 7.11 Å². The first kappa shape index (κ1) is 25.0. The molecule has 7 heteroatoms. The molecule has 1 heterocycles. The number of ether oxygens (including phenoxy) is 4. The van der Waals surface area contributed by atoms with Crippen LogP contribution >= 0.6 is 0 Å². The average Bonchev–Trinajstić information content (AvgIpc) is 2.79. The van der Waals surface area contributed by atoms with Gasteiger partial charge in [0.2, 0.25) is 6.36 Å². The zero-order valence-electron chi connectivity index (χ0n) is 19.8. The molecule has 0 amide bonds. The largest absolute Gasteiger partial charge is 0.405 e. The zero-order valence-corrected chi connectivity index (χ0v) is 20.8. The Kier molecular flexibility index (Phi) is 8.24. The summed E-state index contributed by atoms with van der Waals surface area (Å²) in [6.45, 7) is 6.77. The van der Waals surface area contributed by atoms with Crippen LogP contribution in [-0.4, -0.2) is 67.0 Å².